The number of hydrogen-bond acceptors (Lipinski definition) is 3. The van der Waals surface area contributed by atoms with E-state index in [1.54, 1.807) is 0 Å². The predicted molar refractivity (Wildman–Crippen MR) is 53.6 cm³/mol. The molecule has 1 N–H and O–H groups in total. The summed E-state index contributed by atoms with van der Waals surface area (Å²) < 4.78 is 38.7. The lowest BCUT2D eigenvalue weighted by atomic mass is 10.1. The van der Waals surface area contributed by atoms with Crippen molar-refractivity contribution in [3.05, 3.63) is 17.7 Å². The Morgan fingerprint density at radius 2 is 2.35 bits per heavy atom. The molecule has 1 aromatic rings. The molecule has 7 heteroatoms. The maximum atomic E-state index is 12.4. The van der Waals surface area contributed by atoms with Gasteiger partial charge in [-0.25, -0.2) is 4.98 Å². The first-order valence-corrected chi connectivity index (χ1v) is 5.23. The maximum absolute atomic E-state index is 12.4. The monoisotopic (exact) mass is 247 g/mol. The lowest BCUT2D eigenvalue weighted by Gasteiger charge is -2.28. The summed E-state index contributed by atoms with van der Waals surface area (Å²) in [5.74, 6) is 0.216. The Morgan fingerprint density at radius 1 is 1.65 bits per heavy atom. The summed E-state index contributed by atoms with van der Waals surface area (Å²) in [7, 11) is 0. The van der Waals surface area contributed by atoms with Gasteiger partial charge in [-0.3, -0.25) is 4.79 Å². The van der Waals surface area contributed by atoms with E-state index in [1.807, 2.05) is 0 Å². The van der Waals surface area contributed by atoms with Gasteiger partial charge in [0.15, 0.2) is 5.78 Å². The Hall–Kier alpha value is -1.37. The van der Waals surface area contributed by atoms with Crippen molar-refractivity contribution in [2.45, 2.75) is 32.1 Å². The molecule has 0 spiro atoms. The van der Waals surface area contributed by atoms with Gasteiger partial charge in [-0.05, 0) is 0 Å². The van der Waals surface area contributed by atoms with Gasteiger partial charge in [-0.15, -0.1) is 0 Å². The van der Waals surface area contributed by atoms with E-state index < -0.39 is 18.6 Å². The third kappa shape index (κ3) is 2.49. The van der Waals surface area contributed by atoms with Crippen LogP contribution in [0.25, 0.3) is 0 Å². The van der Waals surface area contributed by atoms with Crippen LogP contribution in [0.15, 0.2) is 6.20 Å². The average Bonchev–Trinajstić information content (AvgIpc) is 2.59. The number of alkyl halides is 3. The van der Waals surface area contributed by atoms with E-state index in [0.29, 0.717) is 12.4 Å². The van der Waals surface area contributed by atoms with Crippen LogP contribution in [0.1, 0.15) is 35.7 Å². The molecule has 2 rings (SSSR count). The fourth-order valence-corrected chi connectivity index (χ4v) is 2.07. The van der Waals surface area contributed by atoms with Crippen LogP contribution in [0, 0.1) is 0 Å². The number of fused-ring (bicyclic) bond motifs is 1. The second-order valence-electron chi connectivity index (χ2n) is 4.09. The number of aromatic nitrogens is 2. The number of hydrogen-bond donors (Lipinski definition) is 1. The molecule has 94 valence electrons. The zero-order valence-corrected chi connectivity index (χ0v) is 9.21. The Bertz CT molecular complexity index is 438. The first-order valence-electron chi connectivity index (χ1n) is 5.23. The summed E-state index contributed by atoms with van der Waals surface area (Å²) in [5.41, 5.74) is 0.246. The normalized spacial score (nSPS) is 20.1. The Balaban J connectivity index is 2.35. The van der Waals surface area contributed by atoms with Gasteiger partial charge < -0.3 is 9.88 Å². The van der Waals surface area contributed by atoms with Crippen LogP contribution < -0.4 is 5.32 Å². The molecule has 0 aliphatic carbocycles. The first kappa shape index (κ1) is 12.1. The third-order valence-corrected chi connectivity index (χ3v) is 2.73. The van der Waals surface area contributed by atoms with Crippen LogP contribution in [-0.4, -0.2) is 28.1 Å². The van der Waals surface area contributed by atoms with E-state index in [0.717, 1.165) is 0 Å². The molecule has 17 heavy (non-hydrogen) atoms. The molecule has 2 heterocycles. The average molecular weight is 247 g/mol. The number of halogens is 3. The Morgan fingerprint density at radius 3 is 2.94 bits per heavy atom. The van der Waals surface area contributed by atoms with Crippen LogP contribution in [-0.2, 0) is 6.54 Å². The fourth-order valence-electron chi connectivity index (χ4n) is 2.07. The number of nitrogens with one attached hydrogen (secondary N) is 1. The summed E-state index contributed by atoms with van der Waals surface area (Å²) in [6.45, 7) is 1.92. The van der Waals surface area contributed by atoms with Crippen LogP contribution >= 0.6 is 0 Å². The summed E-state index contributed by atoms with van der Waals surface area (Å²) in [4.78, 5) is 15.3. The summed E-state index contributed by atoms with van der Waals surface area (Å²) in [5, 5.41) is 2.87. The van der Waals surface area contributed by atoms with Crippen molar-refractivity contribution in [1.82, 2.24) is 14.9 Å². The number of carbonyl (C=O) groups excluding carboxylic acids is 1. The lowest BCUT2D eigenvalue weighted by Crippen LogP contribution is -2.36. The smallest absolute Gasteiger partial charge is 0.320 e. The second kappa shape index (κ2) is 4.14. The molecule has 0 saturated carbocycles. The molecule has 0 radical (unpaired) electrons. The lowest BCUT2D eigenvalue weighted by molar-refractivity contribution is -0.143. The van der Waals surface area contributed by atoms with E-state index in [2.05, 4.69) is 10.3 Å². The molecule has 0 aromatic carbocycles. The van der Waals surface area contributed by atoms with E-state index in [4.69, 9.17) is 0 Å². The zero-order valence-electron chi connectivity index (χ0n) is 9.21. The molecule has 0 saturated heterocycles. The van der Waals surface area contributed by atoms with Crippen molar-refractivity contribution in [3.8, 4) is 0 Å². The largest absolute Gasteiger partial charge is 0.391 e. The summed E-state index contributed by atoms with van der Waals surface area (Å²) in [6.07, 6.45) is -3.86. The standard InChI is InChI=1S/C10H12F3N3O/c1-6(17)8-4-15-9-5-14-3-7(16(8)9)2-10(11,12)13/h4,7,14H,2-3,5H2,1H3. The van der Waals surface area contributed by atoms with Crippen LogP contribution in [0.5, 0.6) is 0 Å². The number of carbonyl (C=O) groups is 1. The molecule has 4 nitrogen and oxygen atoms in total. The number of ketones is 1. The molecule has 1 atom stereocenters. The van der Waals surface area contributed by atoms with Gasteiger partial charge in [0.25, 0.3) is 0 Å². The minimum absolute atomic E-state index is 0.198. The summed E-state index contributed by atoms with van der Waals surface area (Å²) >= 11 is 0. The van der Waals surface area contributed by atoms with Crippen molar-refractivity contribution in [3.63, 3.8) is 0 Å². The topological polar surface area (TPSA) is 46.9 Å². The quantitative estimate of drug-likeness (QED) is 0.809. The number of Topliss-reactive ketones (excluding diaryl/α,β-unsaturated/α-hetero) is 1. The van der Waals surface area contributed by atoms with Gasteiger partial charge >= 0.3 is 6.18 Å². The molecular formula is C10H12F3N3O. The Labute approximate surface area is 95.8 Å². The highest BCUT2D eigenvalue weighted by atomic mass is 19.4. The highest BCUT2D eigenvalue weighted by molar-refractivity contribution is 5.92. The van der Waals surface area contributed by atoms with Crippen molar-refractivity contribution < 1.29 is 18.0 Å². The van der Waals surface area contributed by atoms with E-state index in [9.17, 15) is 18.0 Å². The minimum atomic E-state index is -4.25. The molecule has 1 aliphatic rings. The molecule has 1 aromatic heterocycles. The molecular weight excluding hydrogens is 235 g/mol. The second-order valence-corrected chi connectivity index (χ2v) is 4.09. The zero-order chi connectivity index (χ0) is 12.6. The molecule has 0 fully saturated rings. The number of imidazole rings is 1. The highest BCUT2D eigenvalue weighted by Gasteiger charge is 2.36. The van der Waals surface area contributed by atoms with Gasteiger partial charge in [0.1, 0.15) is 11.5 Å². The third-order valence-electron chi connectivity index (χ3n) is 2.73. The molecule has 1 aliphatic heterocycles. The van der Waals surface area contributed by atoms with Gasteiger partial charge in [-0.1, -0.05) is 0 Å². The first-order chi connectivity index (χ1) is 7.88. The van der Waals surface area contributed by atoms with E-state index in [-0.39, 0.29) is 18.0 Å². The maximum Gasteiger partial charge on any atom is 0.391 e. The van der Waals surface area contributed by atoms with Crippen molar-refractivity contribution in [1.29, 1.82) is 0 Å². The van der Waals surface area contributed by atoms with E-state index in [1.165, 1.54) is 17.7 Å². The van der Waals surface area contributed by atoms with Crippen LogP contribution in [0.4, 0.5) is 13.2 Å². The molecule has 1 unspecified atom stereocenters. The van der Waals surface area contributed by atoms with Gasteiger partial charge in [0, 0.05) is 13.5 Å². The number of nitrogens with zero attached hydrogens (tertiary/aromatic N) is 2. The molecule has 0 bridgehead atoms. The predicted octanol–water partition coefficient (Wildman–Crippen LogP) is 1.68. The van der Waals surface area contributed by atoms with Crippen LogP contribution in [0.3, 0.4) is 0 Å². The minimum Gasteiger partial charge on any atom is -0.320 e. The van der Waals surface area contributed by atoms with Gasteiger partial charge in [0.05, 0.1) is 25.2 Å². The number of rotatable bonds is 2. The van der Waals surface area contributed by atoms with E-state index >= 15 is 0 Å². The highest BCUT2D eigenvalue weighted by Crippen LogP contribution is 2.30. The van der Waals surface area contributed by atoms with Gasteiger partial charge in [-0.2, -0.15) is 13.2 Å². The van der Waals surface area contributed by atoms with Crippen molar-refractivity contribution in [2.24, 2.45) is 0 Å². The van der Waals surface area contributed by atoms with Crippen LogP contribution in [0.2, 0.25) is 0 Å². The van der Waals surface area contributed by atoms with Crippen molar-refractivity contribution >= 4 is 5.78 Å². The summed E-state index contributed by atoms with van der Waals surface area (Å²) in [6, 6.07) is -0.792. The van der Waals surface area contributed by atoms with Gasteiger partial charge in [0.2, 0.25) is 0 Å². The Kier molecular flexibility index (Phi) is 2.94. The fraction of sp³-hybridized carbons (Fsp3) is 0.600. The van der Waals surface area contributed by atoms with Crippen molar-refractivity contribution in [2.75, 3.05) is 6.54 Å². The SMILES string of the molecule is CC(=O)c1cnc2n1C(CC(F)(F)F)CNC2. The molecule has 0 amide bonds.